The maximum absolute atomic E-state index is 10.7. The molecule has 0 aliphatic rings. The molecule has 1 atom stereocenters. The smallest absolute Gasteiger partial charge is 0.379 e. The summed E-state index contributed by atoms with van der Waals surface area (Å²) in [4.78, 5) is 0. The number of rotatable bonds is 21. The average molecular weight is 421 g/mol. The van der Waals surface area contributed by atoms with Crippen LogP contribution in [0.5, 0.6) is 0 Å². The van der Waals surface area contributed by atoms with E-state index >= 15 is 0 Å². The van der Waals surface area contributed by atoms with Gasteiger partial charge in [-0.15, -0.1) is 0 Å². The van der Waals surface area contributed by atoms with Crippen molar-refractivity contribution in [1.29, 1.82) is 0 Å². The van der Waals surface area contributed by atoms with Crippen molar-refractivity contribution in [2.75, 3.05) is 13.2 Å². The molecule has 0 radical (unpaired) electrons. The second kappa shape index (κ2) is 19.9. The number of ether oxygens (including phenoxy) is 1. The first-order valence-corrected chi connectivity index (χ1v) is 12.7. The molecule has 0 aromatic heterocycles. The summed E-state index contributed by atoms with van der Waals surface area (Å²) in [7, 11) is -4.39. The van der Waals surface area contributed by atoms with Gasteiger partial charge in [0.1, 0.15) is 6.10 Å². The van der Waals surface area contributed by atoms with Crippen molar-refractivity contribution in [2.45, 2.75) is 116 Å². The number of allylic oxidation sites excluding steroid dienone is 2. The van der Waals surface area contributed by atoms with Crippen LogP contribution in [0.2, 0.25) is 0 Å². The van der Waals surface area contributed by atoms with Crippen LogP contribution in [0.3, 0.4) is 0 Å². The van der Waals surface area contributed by atoms with Crippen LogP contribution in [0, 0.1) is 0 Å². The molecule has 168 valence electrons. The summed E-state index contributed by atoms with van der Waals surface area (Å²) in [5.74, 6) is 0. The third kappa shape index (κ3) is 21.9. The molecule has 5 nitrogen and oxygen atoms in total. The summed E-state index contributed by atoms with van der Waals surface area (Å²) >= 11 is 0. The first-order valence-electron chi connectivity index (χ1n) is 11.4. The molecule has 0 fully saturated rings. The lowest BCUT2D eigenvalue weighted by Gasteiger charge is -2.13. The molecular weight excluding hydrogens is 376 g/mol. The fourth-order valence-electron chi connectivity index (χ4n) is 3.05. The molecule has 0 aromatic rings. The van der Waals surface area contributed by atoms with Crippen molar-refractivity contribution < 1.29 is 21.9 Å². The summed E-state index contributed by atoms with van der Waals surface area (Å²) in [5.41, 5.74) is 0. The lowest BCUT2D eigenvalue weighted by atomic mass is 10.1. The van der Waals surface area contributed by atoms with Crippen molar-refractivity contribution in [3.8, 4) is 0 Å². The molecule has 0 amide bonds. The minimum Gasteiger partial charge on any atom is -0.379 e. The molecule has 0 spiro atoms. The van der Waals surface area contributed by atoms with Crippen molar-refractivity contribution in [1.82, 2.24) is 0 Å². The summed E-state index contributed by atoms with van der Waals surface area (Å²) < 4.78 is 40.0. The molecule has 0 saturated carbocycles. The van der Waals surface area contributed by atoms with Gasteiger partial charge in [-0.05, 0) is 38.5 Å². The second-order valence-electron chi connectivity index (χ2n) is 7.57. The second-order valence-corrected chi connectivity index (χ2v) is 8.61. The van der Waals surface area contributed by atoms with E-state index in [2.05, 4.69) is 23.3 Å². The van der Waals surface area contributed by atoms with E-state index in [1.807, 2.05) is 0 Å². The SMILES string of the molecule is CCCCCCCCC=CCCCCCCCCOCC(CC)OS(=O)(=O)O. The molecule has 1 N–H and O–H groups in total. The van der Waals surface area contributed by atoms with E-state index < -0.39 is 16.5 Å². The Kier molecular flexibility index (Phi) is 19.6. The van der Waals surface area contributed by atoms with E-state index in [0.717, 1.165) is 12.8 Å². The average Bonchev–Trinajstić information content (AvgIpc) is 2.65. The van der Waals surface area contributed by atoms with E-state index in [0.29, 0.717) is 13.0 Å². The van der Waals surface area contributed by atoms with Crippen LogP contribution in [0.15, 0.2) is 12.2 Å². The van der Waals surface area contributed by atoms with E-state index in [-0.39, 0.29) is 6.61 Å². The zero-order chi connectivity index (χ0) is 20.9. The minimum absolute atomic E-state index is 0.196. The normalized spacial score (nSPS) is 13.4. The fraction of sp³-hybridized carbons (Fsp3) is 0.909. The van der Waals surface area contributed by atoms with Gasteiger partial charge in [-0.1, -0.05) is 83.8 Å². The molecule has 0 aliphatic carbocycles. The Hall–Kier alpha value is -0.430. The predicted octanol–water partition coefficient (Wildman–Crippen LogP) is 6.64. The molecule has 0 bridgehead atoms. The number of hydrogen-bond acceptors (Lipinski definition) is 4. The van der Waals surface area contributed by atoms with Gasteiger partial charge >= 0.3 is 10.4 Å². The van der Waals surface area contributed by atoms with Crippen LogP contribution in [0.1, 0.15) is 110 Å². The molecule has 0 aromatic carbocycles. The van der Waals surface area contributed by atoms with Gasteiger partial charge in [0.05, 0.1) is 6.61 Å². The Morgan fingerprint density at radius 1 is 0.786 bits per heavy atom. The van der Waals surface area contributed by atoms with Crippen molar-refractivity contribution >= 4 is 10.4 Å². The quantitative estimate of drug-likeness (QED) is 0.128. The highest BCUT2D eigenvalue weighted by atomic mass is 32.3. The van der Waals surface area contributed by atoms with Gasteiger partial charge in [0.15, 0.2) is 0 Å². The summed E-state index contributed by atoms with van der Waals surface area (Å²) in [6.07, 6.45) is 22.3. The van der Waals surface area contributed by atoms with Gasteiger partial charge in [0, 0.05) is 6.61 Å². The molecule has 0 saturated heterocycles. The minimum atomic E-state index is -4.39. The first-order chi connectivity index (χ1) is 13.5. The van der Waals surface area contributed by atoms with Gasteiger partial charge < -0.3 is 4.74 Å². The largest absolute Gasteiger partial charge is 0.397 e. The Balaban J connectivity index is 3.30. The topological polar surface area (TPSA) is 72.8 Å². The van der Waals surface area contributed by atoms with Crippen LogP contribution in [0.25, 0.3) is 0 Å². The Morgan fingerprint density at radius 3 is 1.79 bits per heavy atom. The van der Waals surface area contributed by atoms with Gasteiger partial charge in [0.25, 0.3) is 0 Å². The van der Waals surface area contributed by atoms with Crippen LogP contribution in [0.4, 0.5) is 0 Å². The van der Waals surface area contributed by atoms with Crippen LogP contribution >= 0.6 is 0 Å². The maximum Gasteiger partial charge on any atom is 0.397 e. The van der Waals surface area contributed by atoms with E-state index in [1.54, 1.807) is 6.92 Å². The molecule has 0 aliphatic heterocycles. The maximum atomic E-state index is 10.7. The summed E-state index contributed by atoms with van der Waals surface area (Å²) in [6, 6.07) is 0. The van der Waals surface area contributed by atoms with Crippen LogP contribution in [-0.4, -0.2) is 32.3 Å². The molecule has 0 heterocycles. The molecule has 0 rings (SSSR count). The van der Waals surface area contributed by atoms with E-state index in [4.69, 9.17) is 9.29 Å². The highest BCUT2D eigenvalue weighted by Crippen LogP contribution is 2.10. The highest BCUT2D eigenvalue weighted by Gasteiger charge is 2.15. The van der Waals surface area contributed by atoms with Crippen molar-refractivity contribution in [3.05, 3.63) is 12.2 Å². The molecule has 6 heteroatoms. The Labute approximate surface area is 174 Å². The van der Waals surface area contributed by atoms with Gasteiger partial charge in [-0.25, -0.2) is 4.18 Å². The third-order valence-corrected chi connectivity index (χ3v) is 5.33. The standard InChI is InChI=1S/C22H44O5S/c1-3-5-6-7-8-9-10-11-12-13-14-15-16-17-18-19-20-26-21-22(4-2)27-28(23,24)25/h11-12,22H,3-10,13-21H2,1-2H3,(H,23,24,25). The van der Waals surface area contributed by atoms with E-state index in [1.165, 1.54) is 77.0 Å². The van der Waals surface area contributed by atoms with Crippen molar-refractivity contribution in [2.24, 2.45) is 0 Å². The zero-order valence-electron chi connectivity index (χ0n) is 18.2. The van der Waals surface area contributed by atoms with E-state index in [9.17, 15) is 8.42 Å². The lowest BCUT2D eigenvalue weighted by Crippen LogP contribution is -2.22. The zero-order valence-corrected chi connectivity index (χ0v) is 19.1. The molecule has 1 unspecified atom stereocenters. The monoisotopic (exact) mass is 420 g/mol. The van der Waals surface area contributed by atoms with Gasteiger partial charge in [-0.3, -0.25) is 4.55 Å². The van der Waals surface area contributed by atoms with Crippen molar-refractivity contribution in [3.63, 3.8) is 0 Å². The van der Waals surface area contributed by atoms with Gasteiger partial charge in [0.2, 0.25) is 0 Å². The molecule has 28 heavy (non-hydrogen) atoms. The Morgan fingerprint density at radius 2 is 1.29 bits per heavy atom. The Bertz CT molecular complexity index is 448. The first kappa shape index (κ1) is 27.6. The van der Waals surface area contributed by atoms with Gasteiger partial charge in [-0.2, -0.15) is 8.42 Å². The third-order valence-electron chi connectivity index (χ3n) is 4.82. The fourth-order valence-corrected chi connectivity index (χ4v) is 3.59. The summed E-state index contributed by atoms with van der Waals surface area (Å²) in [6.45, 7) is 4.85. The number of unbranched alkanes of at least 4 members (excludes halogenated alkanes) is 12. The number of hydrogen-bond donors (Lipinski definition) is 1. The molecular formula is C22H44O5S. The predicted molar refractivity (Wildman–Crippen MR) is 117 cm³/mol. The highest BCUT2D eigenvalue weighted by molar-refractivity contribution is 7.80. The summed E-state index contributed by atoms with van der Waals surface area (Å²) in [5, 5.41) is 0. The lowest BCUT2D eigenvalue weighted by molar-refractivity contribution is 0.0437. The van der Waals surface area contributed by atoms with Crippen LogP contribution in [-0.2, 0) is 19.3 Å². The van der Waals surface area contributed by atoms with Crippen LogP contribution < -0.4 is 0 Å².